The molecule has 7 heteroatoms. The molecule has 1 heterocycles. The van der Waals surface area contributed by atoms with Gasteiger partial charge in [-0.1, -0.05) is 48.0 Å². The fourth-order valence-corrected chi connectivity index (χ4v) is 3.92. The molecule has 1 N–H and O–H groups in total. The molecule has 0 aliphatic carbocycles. The maximum atomic E-state index is 13.5. The molecule has 1 aliphatic rings. The number of hydrogen-bond acceptors (Lipinski definition) is 4. The van der Waals surface area contributed by atoms with Gasteiger partial charge in [0.05, 0.1) is 11.0 Å². The molecule has 7 nitrogen and oxygen atoms in total. The van der Waals surface area contributed by atoms with Crippen molar-refractivity contribution in [3.8, 4) is 0 Å². The molecule has 2 atom stereocenters. The van der Waals surface area contributed by atoms with Crippen LogP contribution in [0.2, 0.25) is 0 Å². The number of nitrogens with zero attached hydrogens (tertiary/aromatic N) is 2. The topological polar surface area (TPSA) is 101 Å². The smallest absolute Gasteiger partial charge is 0.313 e. The number of carboxylic acids is 1. The molecule has 0 fully saturated rings. The number of non-ortho nitro benzene ring substituents is 1. The van der Waals surface area contributed by atoms with Crippen LogP contribution < -0.4 is 4.90 Å². The minimum atomic E-state index is -1.07. The SMILES string of the molecule is Cc1ccc(N2C(=O)c3ccccc3[C@@H](C(=O)O)[C@H]2c2ccc([N+](=O)[O-])cc2)cc1. The lowest BCUT2D eigenvalue weighted by molar-refractivity contribution is -0.384. The summed E-state index contributed by atoms with van der Waals surface area (Å²) in [7, 11) is 0. The predicted molar refractivity (Wildman–Crippen MR) is 111 cm³/mol. The molecule has 0 aromatic heterocycles. The van der Waals surface area contributed by atoms with E-state index in [0.717, 1.165) is 5.56 Å². The maximum absolute atomic E-state index is 13.5. The molecule has 0 bridgehead atoms. The highest BCUT2D eigenvalue weighted by Gasteiger charge is 2.45. The van der Waals surface area contributed by atoms with Crippen molar-refractivity contribution in [2.45, 2.75) is 18.9 Å². The van der Waals surface area contributed by atoms with Gasteiger partial charge in [0, 0.05) is 23.4 Å². The summed E-state index contributed by atoms with van der Waals surface area (Å²) in [6, 6.07) is 18.8. The van der Waals surface area contributed by atoms with Crippen molar-refractivity contribution in [2.75, 3.05) is 4.90 Å². The average molecular weight is 402 g/mol. The molecule has 0 radical (unpaired) electrons. The van der Waals surface area contributed by atoms with E-state index in [2.05, 4.69) is 0 Å². The molecule has 0 saturated carbocycles. The Kier molecular flexibility index (Phi) is 4.79. The van der Waals surface area contributed by atoms with Crippen LogP contribution in [0.25, 0.3) is 0 Å². The Balaban J connectivity index is 1.95. The van der Waals surface area contributed by atoms with Crippen LogP contribution in [0.3, 0.4) is 0 Å². The van der Waals surface area contributed by atoms with Gasteiger partial charge in [-0.2, -0.15) is 0 Å². The van der Waals surface area contributed by atoms with Gasteiger partial charge in [-0.05, 0) is 36.2 Å². The van der Waals surface area contributed by atoms with E-state index in [9.17, 15) is 24.8 Å². The standard InChI is InChI=1S/C23H18N2O5/c1-14-6-10-16(11-7-14)24-21(15-8-12-17(13-9-15)25(29)30)20(23(27)28)18-4-2-3-5-19(18)22(24)26/h2-13,20-21H,1H3,(H,27,28)/t20-,21-/m1/s1. The van der Waals surface area contributed by atoms with Crippen molar-refractivity contribution in [2.24, 2.45) is 0 Å². The lowest BCUT2D eigenvalue weighted by atomic mass is 9.79. The molecule has 3 aromatic carbocycles. The van der Waals surface area contributed by atoms with Gasteiger partial charge in [-0.3, -0.25) is 24.6 Å². The van der Waals surface area contributed by atoms with E-state index in [0.29, 0.717) is 22.4 Å². The van der Waals surface area contributed by atoms with Crippen molar-refractivity contribution < 1.29 is 19.6 Å². The highest BCUT2D eigenvalue weighted by Crippen LogP contribution is 2.45. The van der Waals surface area contributed by atoms with Crippen molar-refractivity contribution in [3.63, 3.8) is 0 Å². The molecule has 0 saturated heterocycles. The van der Waals surface area contributed by atoms with E-state index in [4.69, 9.17) is 0 Å². The summed E-state index contributed by atoms with van der Waals surface area (Å²) in [6.45, 7) is 1.92. The second kappa shape index (κ2) is 7.44. The van der Waals surface area contributed by atoms with Gasteiger partial charge in [0.1, 0.15) is 5.92 Å². The Morgan fingerprint density at radius 2 is 1.63 bits per heavy atom. The molecule has 3 aromatic rings. The molecule has 0 unspecified atom stereocenters. The zero-order valence-corrected chi connectivity index (χ0v) is 16.1. The van der Waals surface area contributed by atoms with E-state index >= 15 is 0 Å². The van der Waals surface area contributed by atoms with Gasteiger partial charge in [-0.25, -0.2) is 0 Å². The second-order valence-electron chi connectivity index (χ2n) is 7.21. The van der Waals surface area contributed by atoms with E-state index < -0.39 is 22.9 Å². The summed E-state index contributed by atoms with van der Waals surface area (Å²) >= 11 is 0. The van der Waals surface area contributed by atoms with E-state index in [1.165, 1.54) is 29.2 Å². The minimum Gasteiger partial charge on any atom is -0.481 e. The predicted octanol–water partition coefficient (Wildman–Crippen LogP) is 4.47. The molecule has 1 amide bonds. The number of nitro groups is 1. The highest BCUT2D eigenvalue weighted by atomic mass is 16.6. The third-order valence-electron chi connectivity index (χ3n) is 5.36. The number of carbonyl (C=O) groups is 2. The average Bonchev–Trinajstić information content (AvgIpc) is 2.74. The number of aliphatic carboxylic acids is 1. The first-order chi connectivity index (χ1) is 14.4. The number of fused-ring (bicyclic) bond motifs is 1. The molecule has 4 rings (SSSR count). The lowest BCUT2D eigenvalue weighted by Gasteiger charge is -2.40. The lowest BCUT2D eigenvalue weighted by Crippen LogP contribution is -2.45. The van der Waals surface area contributed by atoms with Gasteiger partial charge < -0.3 is 5.11 Å². The number of anilines is 1. The molecule has 0 spiro atoms. The first-order valence-corrected chi connectivity index (χ1v) is 9.35. The van der Waals surface area contributed by atoms with Gasteiger partial charge in [0.25, 0.3) is 11.6 Å². The van der Waals surface area contributed by atoms with E-state index in [1.54, 1.807) is 36.4 Å². The van der Waals surface area contributed by atoms with Crippen LogP contribution in [0.4, 0.5) is 11.4 Å². The Bertz CT molecular complexity index is 1140. The van der Waals surface area contributed by atoms with Crippen molar-refractivity contribution in [1.82, 2.24) is 0 Å². The van der Waals surface area contributed by atoms with Gasteiger partial charge in [0.2, 0.25) is 0 Å². The Morgan fingerprint density at radius 1 is 1.00 bits per heavy atom. The molecule has 30 heavy (non-hydrogen) atoms. The summed E-state index contributed by atoms with van der Waals surface area (Å²) in [6.07, 6.45) is 0. The minimum absolute atomic E-state index is 0.102. The Morgan fingerprint density at radius 3 is 2.23 bits per heavy atom. The van der Waals surface area contributed by atoms with Crippen LogP contribution in [0, 0.1) is 17.0 Å². The highest BCUT2D eigenvalue weighted by molar-refractivity contribution is 6.11. The fourth-order valence-electron chi connectivity index (χ4n) is 3.92. The summed E-state index contributed by atoms with van der Waals surface area (Å²) in [5, 5.41) is 21.1. The Labute approximate surface area is 172 Å². The maximum Gasteiger partial charge on any atom is 0.313 e. The van der Waals surface area contributed by atoms with Gasteiger partial charge >= 0.3 is 5.97 Å². The number of nitro benzene ring substituents is 1. The molecular formula is C23H18N2O5. The molecular weight excluding hydrogens is 384 g/mol. The number of hydrogen-bond donors (Lipinski definition) is 1. The number of carbonyl (C=O) groups excluding carboxylic acids is 1. The fraction of sp³-hybridized carbons (Fsp3) is 0.130. The monoisotopic (exact) mass is 402 g/mol. The van der Waals surface area contributed by atoms with Crippen LogP contribution in [-0.2, 0) is 4.79 Å². The van der Waals surface area contributed by atoms with Crippen LogP contribution in [0.5, 0.6) is 0 Å². The van der Waals surface area contributed by atoms with Crippen LogP contribution >= 0.6 is 0 Å². The third-order valence-corrected chi connectivity index (χ3v) is 5.36. The number of carboxylic acid groups (broad SMARTS) is 1. The quantitative estimate of drug-likeness (QED) is 0.512. The first kappa shape index (κ1) is 19.3. The Hall–Kier alpha value is -4.00. The summed E-state index contributed by atoms with van der Waals surface area (Å²) in [5.74, 6) is -2.41. The zero-order valence-electron chi connectivity index (χ0n) is 16.1. The normalized spacial score (nSPS) is 18.0. The van der Waals surface area contributed by atoms with Crippen LogP contribution in [0.15, 0.2) is 72.8 Å². The van der Waals surface area contributed by atoms with Gasteiger partial charge in [-0.15, -0.1) is 0 Å². The van der Waals surface area contributed by atoms with E-state index in [1.807, 2.05) is 19.1 Å². The van der Waals surface area contributed by atoms with Crippen molar-refractivity contribution >= 4 is 23.3 Å². The number of aryl methyl sites for hydroxylation is 1. The van der Waals surface area contributed by atoms with Crippen LogP contribution in [-0.4, -0.2) is 21.9 Å². The van der Waals surface area contributed by atoms with Crippen molar-refractivity contribution in [3.05, 3.63) is 105 Å². The summed E-state index contributed by atoms with van der Waals surface area (Å²) < 4.78 is 0. The van der Waals surface area contributed by atoms with E-state index in [-0.39, 0.29) is 11.6 Å². The number of rotatable bonds is 4. The first-order valence-electron chi connectivity index (χ1n) is 9.35. The summed E-state index contributed by atoms with van der Waals surface area (Å²) in [4.78, 5) is 37.8. The van der Waals surface area contributed by atoms with Crippen LogP contribution in [0.1, 0.15) is 39.0 Å². The summed E-state index contributed by atoms with van der Waals surface area (Å²) in [5.41, 5.74) is 2.75. The third kappa shape index (κ3) is 3.20. The second-order valence-corrected chi connectivity index (χ2v) is 7.21. The number of amides is 1. The van der Waals surface area contributed by atoms with Gasteiger partial charge in [0.15, 0.2) is 0 Å². The molecule has 1 aliphatic heterocycles. The number of benzene rings is 3. The largest absolute Gasteiger partial charge is 0.481 e. The molecule has 150 valence electrons. The zero-order chi connectivity index (χ0) is 21.4. The van der Waals surface area contributed by atoms with Crippen molar-refractivity contribution in [1.29, 1.82) is 0 Å².